The number of aldehydes is 1. The maximum atomic E-state index is 13.3. The molecular formula is C25H28N2O6. The van der Waals surface area contributed by atoms with Crippen molar-refractivity contribution in [1.29, 1.82) is 0 Å². The van der Waals surface area contributed by atoms with Crippen LogP contribution in [0.3, 0.4) is 0 Å². The van der Waals surface area contributed by atoms with Gasteiger partial charge < -0.3 is 25.1 Å². The highest BCUT2D eigenvalue weighted by Gasteiger charge is 2.55. The standard InChI is InChI=1S/C25H28N2O6/c1-32-17-11-9-16(10-12-17)15-33-24(31)27-20-7-3-2-5-18(20)22(19-6-4-8-21(19)27)25(26,13-14-28)23(29)30/h2-3,5,7,9-12,14,19,21-22H,4,6,8,13,15,26H2,1H3,(H,29,30). The van der Waals surface area contributed by atoms with Crippen molar-refractivity contribution in [2.45, 2.75) is 49.8 Å². The van der Waals surface area contributed by atoms with Gasteiger partial charge in [0.2, 0.25) is 0 Å². The SMILES string of the molecule is COc1ccc(COC(=O)N2c3ccccc3C(C(N)(CC=O)C(=O)O)C3CCCC32)cc1. The molecule has 8 heteroatoms. The highest BCUT2D eigenvalue weighted by Crippen LogP contribution is 2.53. The minimum absolute atomic E-state index is 0.101. The van der Waals surface area contributed by atoms with E-state index in [1.165, 1.54) is 0 Å². The summed E-state index contributed by atoms with van der Waals surface area (Å²) in [7, 11) is 1.59. The lowest BCUT2D eigenvalue weighted by atomic mass is 9.66. The van der Waals surface area contributed by atoms with Crippen LogP contribution in [0.1, 0.15) is 42.7 Å². The van der Waals surface area contributed by atoms with E-state index in [-0.39, 0.29) is 25.0 Å². The molecule has 0 spiro atoms. The molecule has 2 aromatic carbocycles. The van der Waals surface area contributed by atoms with Gasteiger partial charge in [0.25, 0.3) is 0 Å². The number of para-hydroxylation sites is 1. The van der Waals surface area contributed by atoms with Gasteiger partial charge in [-0.3, -0.25) is 9.69 Å². The molecule has 1 fully saturated rings. The number of anilines is 1. The first kappa shape index (κ1) is 22.8. The Morgan fingerprint density at radius 2 is 1.91 bits per heavy atom. The number of ether oxygens (including phenoxy) is 2. The summed E-state index contributed by atoms with van der Waals surface area (Å²) in [5.74, 6) is -1.27. The van der Waals surface area contributed by atoms with Crippen LogP contribution in [0.15, 0.2) is 48.5 Å². The Labute approximate surface area is 192 Å². The Balaban J connectivity index is 1.67. The molecule has 0 bridgehead atoms. The zero-order valence-electron chi connectivity index (χ0n) is 18.5. The molecule has 4 rings (SSSR count). The Morgan fingerprint density at radius 3 is 2.58 bits per heavy atom. The van der Waals surface area contributed by atoms with Crippen LogP contribution in [-0.4, -0.2) is 42.1 Å². The number of rotatable bonds is 7. The van der Waals surface area contributed by atoms with Crippen molar-refractivity contribution in [1.82, 2.24) is 0 Å². The van der Waals surface area contributed by atoms with E-state index in [1.54, 1.807) is 48.4 Å². The summed E-state index contributed by atoms with van der Waals surface area (Å²) in [4.78, 5) is 38.5. The number of carboxylic acids is 1. The molecule has 1 amide bonds. The third-order valence-electron chi connectivity index (χ3n) is 6.92. The van der Waals surface area contributed by atoms with Gasteiger partial charge >= 0.3 is 12.1 Å². The third-order valence-corrected chi connectivity index (χ3v) is 6.92. The number of hydrogen-bond donors (Lipinski definition) is 2. The number of carboxylic acid groups (broad SMARTS) is 1. The first-order chi connectivity index (χ1) is 15.9. The summed E-state index contributed by atoms with van der Waals surface area (Å²) < 4.78 is 10.8. The number of methoxy groups -OCH3 is 1. The van der Waals surface area contributed by atoms with Crippen molar-refractivity contribution in [2.75, 3.05) is 12.0 Å². The smallest absolute Gasteiger partial charge is 0.414 e. The number of benzene rings is 2. The molecule has 1 saturated carbocycles. The predicted octanol–water partition coefficient (Wildman–Crippen LogP) is 3.48. The molecule has 4 unspecified atom stereocenters. The van der Waals surface area contributed by atoms with Crippen LogP contribution in [0.5, 0.6) is 5.75 Å². The second kappa shape index (κ2) is 9.23. The lowest BCUT2D eigenvalue weighted by Crippen LogP contribution is -2.60. The van der Waals surface area contributed by atoms with Gasteiger partial charge in [0.1, 0.15) is 24.2 Å². The normalized spacial score (nSPS) is 23.1. The topological polar surface area (TPSA) is 119 Å². The molecule has 0 saturated heterocycles. The van der Waals surface area contributed by atoms with E-state index in [2.05, 4.69) is 0 Å². The number of fused-ring (bicyclic) bond motifs is 2. The van der Waals surface area contributed by atoms with Crippen molar-refractivity contribution in [3.8, 4) is 5.75 Å². The van der Waals surface area contributed by atoms with Crippen LogP contribution >= 0.6 is 0 Å². The third kappa shape index (κ3) is 4.06. The first-order valence-electron chi connectivity index (χ1n) is 11.0. The van der Waals surface area contributed by atoms with E-state index in [0.29, 0.717) is 29.7 Å². The van der Waals surface area contributed by atoms with Gasteiger partial charge in [-0.05, 0) is 48.1 Å². The minimum Gasteiger partial charge on any atom is -0.497 e. The largest absolute Gasteiger partial charge is 0.497 e. The van der Waals surface area contributed by atoms with Crippen LogP contribution in [0.25, 0.3) is 0 Å². The molecule has 2 aromatic rings. The lowest BCUT2D eigenvalue weighted by molar-refractivity contribution is -0.146. The van der Waals surface area contributed by atoms with Gasteiger partial charge in [0, 0.05) is 18.4 Å². The fourth-order valence-electron chi connectivity index (χ4n) is 5.37. The van der Waals surface area contributed by atoms with Crippen molar-refractivity contribution in [3.63, 3.8) is 0 Å². The van der Waals surface area contributed by atoms with E-state index in [9.17, 15) is 19.5 Å². The Hall–Kier alpha value is -3.39. The molecule has 4 atom stereocenters. The second-order valence-electron chi connectivity index (χ2n) is 8.69. The van der Waals surface area contributed by atoms with Gasteiger partial charge in [0.15, 0.2) is 0 Å². The van der Waals surface area contributed by atoms with Gasteiger partial charge in [-0.15, -0.1) is 0 Å². The molecule has 1 aliphatic heterocycles. The van der Waals surface area contributed by atoms with Gasteiger partial charge in [-0.25, -0.2) is 4.79 Å². The Bertz CT molecular complexity index is 1040. The number of nitrogens with two attached hydrogens (primary N) is 1. The van der Waals surface area contributed by atoms with Gasteiger partial charge in [-0.1, -0.05) is 36.8 Å². The predicted molar refractivity (Wildman–Crippen MR) is 121 cm³/mol. The Morgan fingerprint density at radius 1 is 1.18 bits per heavy atom. The zero-order valence-corrected chi connectivity index (χ0v) is 18.5. The van der Waals surface area contributed by atoms with E-state index >= 15 is 0 Å². The molecule has 33 heavy (non-hydrogen) atoms. The number of aliphatic carboxylic acids is 1. The molecule has 0 radical (unpaired) electrons. The number of amides is 1. The maximum Gasteiger partial charge on any atom is 0.414 e. The summed E-state index contributed by atoms with van der Waals surface area (Å²) >= 11 is 0. The van der Waals surface area contributed by atoms with Crippen molar-refractivity contribution in [2.24, 2.45) is 11.7 Å². The van der Waals surface area contributed by atoms with Crippen molar-refractivity contribution >= 4 is 24.0 Å². The van der Waals surface area contributed by atoms with Gasteiger partial charge in [0.05, 0.1) is 12.8 Å². The monoisotopic (exact) mass is 452 g/mol. The molecule has 2 aliphatic rings. The quantitative estimate of drug-likeness (QED) is 0.617. The summed E-state index contributed by atoms with van der Waals surface area (Å²) in [6.07, 6.45) is 2.05. The maximum absolute atomic E-state index is 13.3. The van der Waals surface area contributed by atoms with Crippen molar-refractivity contribution in [3.05, 3.63) is 59.7 Å². The summed E-state index contributed by atoms with van der Waals surface area (Å²) in [5, 5.41) is 9.99. The van der Waals surface area contributed by atoms with Gasteiger partial charge in [-0.2, -0.15) is 0 Å². The summed E-state index contributed by atoms with van der Waals surface area (Å²) in [5.41, 5.74) is 6.73. The summed E-state index contributed by atoms with van der Waals surface area (Å²) in [6, 6.07) is 14.2. The van der Waals surface area contributed by atoms with Crippen LogP contribution in [0, 0.1) is 5.92 Å². The Kier molecular flexibility index (Phi) is 6.37. The van der Waals surface area contributed by atoms with E-state index < -0.39 is 23.5 Å². The lowest BCUT2D eigenvalue weighted by Gasteiger charge is -2.47. The molecule has 8 nitrogen and oxygen atoms in total. The molecule has 174 valence electrons. The first-order valence-corrected chi connectivity index (χ1v) is 11.0. The number of carbonyl (C=O) groups excluding carboxylic acids is 2. The average Bonchev–Trinajstić information content (AvgIpc) is 3.30. The fraction of sp³-hybridized carbons (Fsp3) is 0.400. The van der Waals surface area contributed by atoms with E-state index in [4.69, 9.17) is 15.2 Å². The van der Waals surface area contributed by atoms with E-state index in [1.807, 2.05) is 12.1 Å². The molecule has 1 aliphatic carbocycles. The number of hydrogen-bond acceptors (Lipinski definition) is 6. The number of nitrogens with zero attached hydrogens (tertiary/aromatic N) is 1. The van der Waals surface area contributed by atoms with Crippen LogP contribution in [-0.2, 0) is 20.9 Å². The fourth-order valence-corrected chi connectivity index (χ4v) is 5.37. The van der Waals surface area contributed by atoms with Crippen molar-refractivity contribution < 1.29 is 29.0 Å². The highest BCUT2D eigenvalue weighted by atomic mass is 16.6. The molecule has 1 heterocycles. The van der Waals surface area contributed by atoms with Crippen LogP contribution < -0.4 is 15.4 Å². The van der Waals surface area contributed by atoms with Crippen LogP contribution in [0.4, 0.5) is 10.5 Å². The average molecular weight is 453 g/mol. The zero-order chi connectivity index (χ0) is 23.6. The number of carbonyl (C=O) groups is 3. The second-order valence-corrected chi connectivity index (χ2v) is 8.69. The highest BCUT2D eigenvalue weighted by molar-refractivity contribution is 5.92. The minimum atomic E-state index is -1.75. The molecule has 0 aromatic heterocycles. The molecular weight excluding hydrogens is 424 g/mol. The summed E-state index contributed by atoms with van der Waals surface area (Å²) in [6.45, 7) is 0.101. The van der Waals surface area contributed by atoms with Crippen LogP contribution in [0.2, 0.25) is 0 Å². The molecule has 3 N–H and O–H groups in total. The van der Waals surface area contributed by atoms with E-state index in [0.717, 1.165) is 18.4 Å².